The number of nitrogen functional groups attached to an aromatic ring is 1. The predicted octanol–water partition coefficient (Wildman–Crippen LogP) is 2.14. The summed E-state index contributed by atoms with van der Waals surface area (Å²) >= 11 is 0. The first-order valence-electron chi connectivity index (χ1n) is 6.90. The van der Waals surface area contributed by atoms with Crippen molar-refractivity contribution in [2.75, 3.05) is 5.73 Å². The second-order valence-electron chi connectivity index (χ2n) is 4.94. The van der Waals surface area contributed by atoms with Crippen molar-refractivity contribution in [3.8, 4) is 0 Å². The summed E-state index contributed by atoms with van der Waals surface area (Å²) < 4.78 is 9.23. The molecule has 0 aliphatic carbocycles. The number of hydrogen-bond acceptors (Lipinski definition) is 4. The highest BCUT2D eigenvalue weighted by molar-refractivity contribution is 5.77. The first kappa shape index (κ1) is 12.8. The lowest BCUT2D eigenvalue weighted by Gasteiger charge is -2.05. The molecule has 0 aliphatic rings. The van der Waals surface area contributed by atoms with Crippen LogP contribution in [-0.2, 0) is 26.4 Å². The third-order valence-electron chi connectivity index (χ3n) is 3.47. The standard InChI is InChI=1S/C14H19N5O/c1-3-5-11-12-13(18(2)17-11)19(14(15)16-12)8-7-10-6-4-9-20-10/h4,6,9H,3,5,7-8H2,1-2H3,(H2,15,16). The third kappa shape index (κ3) is 2.07. The summed E-state index contributed by atoms with van der Waals surface area (Å²) in [5.41, 5.74) is 8.98. The van der Waals surface area contributed by atoms with Crippen LogP contribution >= 0.6 is 0 Å². The minimum Gasteiger partial charge on any atom is -0.469 e. The summed E-state index contributed by atoms with van der Waals surface area (Å²) in [6.45, 7) is 2.87. The number of furan rings is 1. The number of aryl methyl sites for hydroxylation is 4. The van der Waals surface area contributed by atoms with Gasteiger partial charge in [0.05, 0.1) is 12.0 Å². The van der Waals surface area contributed by atoms with Crippen molar-refractivity contribution in [3.63, 3.8) is 0 Å². The van der Waals surface area contributed by atoms with Gasteiger partial charge in [0, 0.05) is 20.0 Å². The maximum absolute atomic E-state index is 6.05. The van der Waals surface area contributed by atoms with Gasteiger partial charge in [-0.25, -0.2) is 4.98 Å². The Bertz CT molecular complexity index is 708. The van der Waals surface area contributed by atoms with Crippen LogP contribution in [0.15, 0.2) is 22.8 Å². The van der Waals surface area contributed by atoms with Crippen LogP contribution in [0.3, 0.4) is 0 Å². The van der Waals surface area contributed by atoms with E-state index in [9.17, 15) is 0 Å². The van der Waals surface area contributed by atoms with Crippen molar-refractivity contribution in [2.24, 2.45) is 7.05 Å². The molecule has 3 rings (SSSR count). The van der Waals surface area contributed by atoms with Crippen LogP contribution in [0, 0.1) is 0 Å². The molecular weight excluding hydrogens is 254 g/mol. The topological polar surface area (TPSA) is 74.8 Å². The van der Waals surface area contributed by atoms with E-state index in [4.69, 9.17) is 10.2 Å². The van der Waals surface area contributed by atoms with Crippen LogP contribution in [0.5, 0.6) is 0 Å². The van der Waals surface area contributed by atoms with Gasteiger partial charge in [0.25, 0.3) is 0 Å². The van der Waals surface area contributed by atoms with Crippen LogP contribution < -0.4 is 5.73 Å². The maximum atomic E-state index is 6.05. The minimum absolute atomic E-state index is 0.539. The number of anilines is 1. The SMILES string of the molecule is CCCc1nn(C)c2c1nc(N)n2CCc1ccco1. The van der Waals surface area contributed by atoms with Crippen LogP contribution in [-0.4, -0.2) is 19.3 Å². The number of fused-ring (bicyclic) bond motifs is 1. The molecule has 0 atom stereocenters. The van der Waals surface area contributed by atoms with E-state index >= 15 is 0 Å². The molecule has 0 unspecified atom stereocenters. The second kappa shape index (κ2) is 5.03. The van der Waals surface area contributed by atoms with Gasteiger partial charge < -0.3 is 10.2 Å². The molecular formula is C14H19N5O. The van der Waals surface area contributed by atoms with Gasteiger partial charge in [-0.05, 0) is 18.6 Å². The molecule has 3 aromatic heterocycles. The zero-order chi connectivity index (χ0) is 14.1. The fourth-order valence-corrected chi connectivity index (χ4v) is 2.56. The van der Waals surface area contributed by atoms with E-state index in [2.05, 4.69) is 17.0 Å². The summed E-state index contributed by atoms with van der Waals surface area (Å²) in [6.07, 6.45) is 4.44. The highest BCUT2D eigenvalue weighted by Gasteiger charge is 2.17. The van der Waals surface area contributed by atoms with Crippen LogP contribution in [0.2, 0.25) is 0 Å². The first-order chi connectivity index (χ1) is 9.70. The van der Waals surface area contributed by atoms with E-state index in [1.54, 1.807) is 6.26 Å². The molecule has 3 aromatic rings. The molecule has 0 saturated carbocycles. The van der Waals surface area contributed by atoms with Gasteiger partial charge in [-0.2, -0.15) is 5.10 Å². The average Bonchev–Trinajstić information content (AvgIpc) is 3.08. The smallest absolute Gasteiger partial charge is 0.202 e. The number of nitrogens with zero attached hydrogens (tertiary/aromatic N) is 4. The lowest BCUT2D eigenvalue weighted by molar-refractivity contribution is 0.492. The van der Waals surface area contributed by atoms with Crippen molar-refractivity contribution >= 4 is 17.1 Å². The number of aromatic nitrogens is 4. The minimum atomic E-state index is 0.539. The molecule has 0 spiro atoms. The Morgan fingerprint density at radius 1 is 1.35 bits per heavy atom. The Hall–Kier alpha value is -2.24. The molecule has 0 fully saturated rings. The lowest BCUT2D eigenvalue weighted by atomic mass is 10.2. The summed E-state index contributed by atoms with van der Waals surface area (Å²) in [4.78, 5) is 4.48. The Kier molecular flexibility index (Phi) is 3.22. The largest absolute Gasteiger partial charge is 0.469 e. The third-order valence-corrected chi connectivity index (χ3v) is 3.47. The number of nitrogens with two attached hydrogens (primary N) is 1. The molecule has 2 N–H and O–H groups in total. The predicted molar refractivity (Wildman–Crippen MR) is 77.3 cm³/mol. The zero-order valence-electron chi connectivity index (χ0n) is 11.8. The van der Waals surface area contributed by atoms with Crippen LogP contribution in [0.4, 0.5) is 5.95 Å². The molecule has 0 amide bonds. The fourth-order valence-electron chi connectivity index (χ4n) is 2.56. The molecule has 0 radical (unpaired) electrons. The maximum Gasteiger partial charge on any atom is 0.202 e. The van der Waals surface area contributed by atoms with E-state index in [0.717, 1.165) is 48.4 Å². The zero-order valence-corrected chi connectivity index (χ0v) is 11.8. The molecule has 6 nitrogen and oxygen atoms in total. The van der Waals surface area contributed by atoms with Gasteiger partial charge >= 0.3 is 0 Å². The van der Waals surface area contributed by atoms with Crippen molar-refractivity contribution in [1.29, 1.82) is 0 Å². The lowest BCUT2D eigenvalue weighted by Crippen LogP contribution is -2.08. The molecule has 20 heavy (non-hydrogen) atoms. The Morgan fingerprint density at radius 3 is 2.90 bits per heavy atom. The summed E-state index contributed by atoms with van der Waals surface area (Å²) in [5, 5.41) is 4.54. The van der Waals surface area contributed by atoms with Gasteiger partial charge in [0.1, 0.15) is 11.3 Å². The van der Waals surface area contributed by atoms with Crippen molar-refractivity contribution in [2.45, 2.75) is 32.7 Å². The quantitative estimate of drug-likeness (QED) is 0.772. The van der Waals surface area contributed by atoms with Gasteiger partial charge in [0.15, 0.2) is 5.65 Å². The number of imidazole rings is 1. The van der Waals surface area contributed by atoms with Gasteiger partial charge in [-0.3, -0.25) is 9.25 Å². The first-order valence-corrected chi connectivity index (χ1v) is 6.90. The average molecular weight is 273 g/mol. The number of hydrogen-bond donors (Lipinski definition) is 1. The molecule has 0 aromatic carbocycles. The van der Waals surface area contributed by atoms with Gasteiger partial charge in [-0.15, -0.1) is 0 Å². The van der Waals surface area contributed by atoms with E-state index < -0.39 is 0 Å². The van der Waals surface area contributed by atoms with Crippen LogP contribution in [0.1, 0.15) is 24.8 Å². The summed E-state index contributed by atoms with van der Waals surface area (Å²) in [6, 6.07) is 3.86. The number of rotatable bonds is 5. The highest BCUT2D eigenvalue weighted by atomic mass is 16.3. The van der Waals surface area contributed by atoms with E-state index in [1.807, 2.05) is 28.4 Å². The summed E-state index contributed by atoms with van der Waals surface area (Å²) in [7, 11) is 1.94. The van der Waals surface area contributed by atoms with Crippen LogP contribution in [0.25, 0.3) is 11.2 Å². The second-order valence-corrected chi connectivity index (χ2v) is 4.94. The molecule has 106 valence electrons. The Balaban J connectivity index is 1.95. The molecule has 0 saturated heterocycles. The molecule has 6 heteroatoms. The molecule has 0 aliphatic heterocycles. The van der Waals surface area contributed by atoms with Crippen molar-refractivity contribution in [1.82, 2.24) is 19.3 Å². The highest BCUT2D eigenvalue weighted by Crippen LogP contribution is 2.22. The normalized spacial score (nSPS) is 11.5. The van der Waals surface area contributed by atoms with E-state index in [-0.39, 0.29) is 0 Å². The molecule has 0 bridgehead atoms. The monoisotopic (exact) mass is 273 g/mol. The fraction of sp³-hybridized carbons (Fsp3) is 0.429. The molecule has 3 heterocycles. The summed E-state index contributed by atoms with van der Waals surface area (Å²) in [5.74, 6) is 1.49. The Labute approximate surface area is 117 Å². The van der Waals surface area contributed by atoms with Gasteiger partial charge in [-0.1, -0.05) is 13.3 Å². The Morgan fingerprint density at radius 2 is 2.20 bits per heavy atom. The van der Waals surface area contributed by atoms with E-state index in [0.29, 0.717) is 5.95 Å². The van der Waals surface area contributed by atoms with Crippen molar-refractivity contribution in [3.05, 3.63) is 29.9 Å². The van der Waals surface area contributed by atoms with Gasteiger partial charge in [0.2, 0.25) is 5.95 Å². The van der Waals surface area contributed by atoms with Crippen molar-refractivity contribution < 1.29 is 4.42 Å². The van der Waals surface area contributed by atoms with E-state index in [1.165, 1.54) is 0 Å².